The van der Waals surface area contributed by atoms with Crippen molar-refractivity contribution in [3.05, 3.63) is 45.1 Å². The molecule has 1 aromatic heterocycles. The van der Waals surface area contributed by atoms with Crippen LogP contribution in [0.2, 0.25) is 0 Å². The number of methoxy groups -OCH3 is 1. The van der Waals surface area contributed by atoms with Crippen LogP contribution in [0.1, 0.15) is 39.2 Å². The van der Waals surface area contributed by atoms with Crippen LogP contribution in [0.4, 0.5) is 5.69 Å². The normalized spacial score (nSPS) is 13.4. The number of nitrogens with one attached hydrogen (secondary N) is 1. The van der Waals surface area contributed by atoms with Gasteiger partial charge in [0.25, 0.3) is 5.91 Å². The second-order valence-electron chi connectivity index (χ2n) is 6.05. The van der Waals surface area contributed by atoms with E-state index < -0.39 is 0 Å². The van der Waals surface area contributed by atoms with E-state index in [4.69, 9.17) is 9.47 Å². The molecule has 0 unspecified atom stereocenters. The van der Waals surface area contributed by atoms with Gasteiger partial charge in [-0.15, -0.1) is 11.3 Å². The summed E-state index contributed by atoms with van der Waals surface area (Å²) in [6.07, 6.45) is 4.50. The minimum absolute atomic E-state index is 0.0464. The quantitative estimate of drug-likeness (QED) is 0.798. The van der Waals surface area contributed by atoms with Crippen molar-refractivity contribution < 1.29 is 14.3 Å². The van der Waals surface area contributed by atoms with E-state index >= 15 is 0 Å². The van der Waals surface area contributed by atoms with Gasteiger partial charge >= 0.3 is 0 Å². The highest BCUT2D eigenvalue weighted by molar-refractivity contribution is 7.10. The lowest BCUT2D eigenvalue weighted by Gasteiger charge is -2.15. The van der Waals surface area contributed by atoms with Crippen LogP contribution in [0.25, 0.3) is 0 Å². The molecular formula is C19H23NO3S. The van der Waals surface area contributed by atoms with Crippen LogP contribution in [0.3, 0.4) is 0 Å². The van der Waals surface area contributed by atoms with E-state index in [0.29, 0.717) is 24.7 Å². The number of carbonyl (C=O) groups is 1. The number of aryl methyl sites for hydroxylation is 2. The topological polar surface area (TPSA) is 47.6 Å². The van der Waals surface area contributed by atoms with Crippen molar-refractivity contribution in [2.24, 2.45) is 0 Å². The summed E-state index contributed by atoms with van der Waals surface area (Å²) in [4.78, 5) is 14.1. The summed E-state index contributed by atoms with van der Waals surface area (Å²) in [5.41, 5.74) is 3.85. The van der Waals surface area contributed by atoms with Crippen LogP contribution in [0, 0.1) is 6.92 Å². The van der Waals surface area contributed by atoms with Crippen molar-refractivity contribution in [1.29, 1.82) is 0 Å². The Hall–Kier alpha value is -1.85. The third-order valence-electron chi connectivity index (χ3n) is 4.24. The van der Waals surface area contributed by atoms with Gasteiger partial charge in [-0.25, -0.2) is 0 Å². The summed E-state index contributed by atoms with van der Waals surface area (Å²) in [6.45, 7) is 2.97. The van der Waals surface area contributed by atoms with Crippen LogP contribution >= 0.6 is 11.3 Å². The van der Waals surface area contributed by atoms with Gasteiger partial charge in [0.2, 0.25) is 0 Å². The fourth-order valence-electron chi connectivity index (χ4n) is 2.96. The Morgan fingerprint density at radius 2 is 2.08 bits per heavy atom. The van der Waals surface area contributed by atoms with Crippen molar-refractivity contribution in [3.8, 4) is 5.75 Å². The van der Waals surface area contributed by atoms with Crippen molar-refractivity contribution in [2.75, 3.05) is 25.6 Å². The average Bonchev–Trinajstić information content (AvgIpc) is 3.01. The van der Waals surface area contributed by atoms with Gasteiger partial charge in [0.1, 0.15) is 12.4 Å². The predicted octanol–water partition coefficient (Wildman–Crippen LogP) is 4.21. The number of hydrogen-bond acceptors (Lipinski definition) is 4. The van der Waals surface area contributed by atoms with Gasteiger partial charge in [0.05, 0.1) is 17.9 Å². The second kappa shape index (κ2) is 7.81. The highest BCUT2D eigenvalue weighted by Gasteiger charge is 2.21. The summed E-state index contributed by atoms with van der Waals surface area (Å²) < 4.78 is 10.8. The third-order valence-corrected chi connectivity index (χ3v) is 5.32. The number of amides is 1. The first-order valence-electron chi connectivity index (χ1n) is 8.32. The predicted molar refractivity (Wildman–Crippen MR) is 97.5 cm³/mol. The molecule has 1 aliphatic carbocycles. The van der Waals surface area contributed by atoms with Gasteiger partial charge in [-0.2, -0.15) is 0 Å². The zero-order valence-electron chi connectivity index (χ0n) is 14.2. The van der Waals surface area contributed by atoms with Crippen LogP contribution in [0.5, 0.6) is 5.75 Å². The Labute approximate surface area is 146 Å². The number of ether oxygens (including phenoxy) is 2. The molecule has 0 atom stereocenters. The SMILES string of the molecule is COCCOc1cc(C)ccc1NC(=O)c1csc2c1CCCC2. The summed E-state index contributed by atoms with van der Waals surface area (Å²) in [7, 11) is 1.64. The first-order valence-corrected chi connectivity index (χ1v) is 9.20. The standard InChI is InChI=1S/C19H23NO3S/c1-13-7-8-16(17(11-13)23-10-9-22-2)20-19(21)15-12-24-18-6-4-3-5-14(15)18/h7-8,11-12H,3-6,9-10H2,1-2H3,(H,20,21). The van der Waals surface area contributed by atoms with E-state index in [-0.39, 0.29) is 5.91 Å². The van der Waals surface area contributed by atoms with Gasteiger partial charge in [0.15, 0.2) is 0 Å². The number of benzene rings is 1. The number of anilines is 1. The molecule has 0 aliphatic heterocycles. The number of thiophene rings is 1. The maximum Gasteiger partial charge on any atom is 0.256 e. The van der Waals surface area contributed by atoms with Crippen molar-refractivity contribution in [2.45, 2.75) is 32.6 Å². The van der Waals surface area contributed by atoms with Gasteiger partial charge in [-0.05, 0) is 55.9 Å². The molecule has 1 heterocycles. The Kier molecular flexibility index (Phi) is 5.53. The maximum atomic E-state index is 12.7. The minimum atomic E-state index is -0.0464. The Bertz CT molecular complexity index is 723. The summed E-state index contributed by atoms with van der Waals surface area (Å²) in [5.74, 6) is 0.638. The molecule has 2 aromatic rings. The van der Waals surface area contributed by atoms with Crippen molar-refractivity contribution in [3.63, 3.8) is 0 Å². The smallest absolute Gasteiger partial charge is 0.256 e. The molecule has 1 N–H and O–H groups in total. The molecule has 24 heavy (non-hydrogen) atoms. The first-order chi connectivity index (χ1) is 11.7. The highest BCUT2D eigenvalue weighted by atomic mass is 32.1. The zero-order valence-corrected chi connectivity index (χ0v) is 15.0. The molecule has 4 nitrogen and oxygen atoms in total. The molecule has 0 spiro atoms. The average molecular weight is 345 g/mol. The largest absolute Gasteiger partial charge is 0.489 e. The molecule has 0 bridgehead atoms. The number of fused-ring (bicyclic) bond motifs is 1. The van der Waals surface area contributed by atoms with E-state index in [1.165, 1.54) is 23.3 Å². The Morgan fingerprint density at radius 1 is 1.25 bits per heavy atom. The Morgan fingerprint density at radius 3 is 2.92 bits per heavy atom. The lowest BCUT2D eigenvalue weighted by atomic mass is 9.95. The molecule has 3 rings (SSSR count). The lowest BCUT2D eigenvalue weighted by molar-refractivity contribution is 0.102. The summed E-state index contributed by atoms with van der Waals surface area (Å²) >= 11 is 1.71. The number of rotatable bonds is 6. The fourth-order valence-corrected chi connectivity index (χ4v) is 4.09. The molecule has 0 saturated heterocycles. The van der Waals surface area contributed by atoms with Crippen molar-refractivity contribution >= 4 is 22.9 Å². The number of hydrogen-bond donors (Lipinski definition) is 1. The molecule has 0 fully saturated rings. The Balaban J connectivity index is 1.77. The molecule has 128 valence electrons. The van der Waals surface area contributed by atoms with Crippen LogP contribution in [0.15, 0.2) is 23.6 Å². The monoisotopic (exact) mass is 345 g/mol. The van der Waals surface area contributed by atoms with E-state index in [9.17, 15) is 4.79 Å². The second-order valence-corrected chi connectivity index (χ2v) is 7.02. The first kappa shape index (κ1) is 17.0. The molecule has 1 amide bonds. The van der Waals surface area contributed by atoms with E-state index in [2.05, 4.69) is 5.32 Å². The molecular weight excluding hydrogens is 322 g/mol. The molecule has 1 aliphatic rings. The van der Waals surface area contributed by atoms with Crippen LogP contribution < -0.4 is 10.1 Å². The van der Waals surface area contributed by atoms with E-state index in [1.807, 2.05) is 30.5 Å². The summed E-state index contributed by atoms with van der Waals surface area (Å²) in [5, 5.41) is 5.01. The minimum Gasteiger partial charge on any atom is -0.489 e. The lowest BCUT2D eigenvalue weighted by Crippen LogP contribution is -2.16. The third kappa shape index (κ3) is 3.79. The molecule has 1 aromatic carbocycles. The van der Waals surface area contributed by atoms with Gasteiger partial charge in [-0.3, -0.25) is 4.79 Å². The fraction of sp³-hybridized carbons (Fsp3) is 0.421. The maximum absolute atomic E-state index is 12.7. The highest BCUT2D eigenvalue weighted by Crippen LogP contribution is 2.32. The van der Waals surface area contributed by atoms with Gasteiger partial charge < -0.3 is 14.8 Å². The molecule has 0 saturated carbocycles. The van der Waals surface area contributed by atoms with Crippen molar-refractivity contribution in [1.82, 2.24) is 0 Å². The van der Waals surface area contributed by atoms with E-state index in [1.54, 1.807) is 18.4 Å². The summed E-state index contributed by atoms with van der Waals surface area (Å²) in [6, 6.07) is 5.81. The molecule has 5 heteroatoms. The number of carbonyl (C=O) groups excluding carboxylic acids is 1. The molecule has 0 radical (unpaired) electrons. The van der Waals surface area contributed by atoms with Gasteiger partial charge in [0, 0.05) is 17.4 Å². The van der Waals surface area contributed by atoms with E-state index in [0.717, 1.165) is 24.0 Å². The zero-order chi connectivity index (χ0) is 16.9. The van der Waals surface area contributed by atoms with Crippen LogP contribution in [-0.2, 0) is 17.6 Å². The van der Waals surface area contributed by atoms with Crippen LogP contribution in [-0.4, -0.2) is 26.2 Å². The van der Waals surface area contributed by atoms with Gasteiger partial charge in [-0.1, -0.05) is 6.07 Å².